The summed E-state index contributed by atoms with van der Waals surface area (Å²) in [5.74, 6) is 1.69. The molecule has 2 heterocycles. The summed E-state index contributed by atoms with van der Waals surface area (Å²) in [5, 5.41) is 13.9. The lowest BCUT2D eigenvalue weighted by Crippen LogP contribution is -2.52. The summed E-state index contributed by atoms with van der Waals surface area (Å²) in [6, 6.07) is 1.90. The van der Waals surface area contributed by atoms with Crippen molar-refractivity contribution in [2.24, 2.45) is 0 Å². The molecule has 0 atom stereocenters. The Balaban J connectivity index is 1.53. The van der Waals surface area contributed by atoms with Crippen molar-refractivity contribution in [2.45, 2.75) is 44.6 Å². The van der Waals surface area contributed by atoms with Gasteiger partial charge in [0.25, 0.3) is 0 Å². The second-order valence-electron chi connectivity index (χ2n) is 6.82. The molecule has 128 valence electrons. The minimum absolute atomic E-state index is 0.456. The molecule has 1 saturated heterocycles. The molecule has 0 amide bonds. The number of nitrogens with one attached hydrogen (secondary N) is 1. The molecule has 1 aromatic heterocycles. The Labute approximate surface area is 138 Å². The molecule has 2 fully saturated rings. The van der Waals surface area contributed by atoms with Crippen molar-refractivity contribution in [1.82, 2.24) is 14.9 Å². The maximum absolute atomic E-state index is 10.7. The lowest BCUT2D eigenvalue weighted by Gasteiger charge is -2.41. The predicted molar refractivity (Wildman–Crippen MR) is 92.9 cm³/mol. The summed E-state index contributed by atoms with van der Waals surface area (Å²) in [6.45, 7) is 7.53. The van der Waals surface area contributed by atoms with Gasteiger partial charge in [0.05, 0.1) is 5.60 Å². The Morgan fingerprint density at radius 2 is 1.91 bits per heavy atom. The molecule has 23 heavy (non-hydrogen) atoms. The van der Waals surface area contributed by atoms with Crippen molar-refractivity contribution in [3.8, 4) is 0 Å². The zero-order valence-corrected chi connectivity index (χ0v) is 14.2. The Hall–Kier alpha value is -1.40. The first kappa shape index (κ1) is 16.5. The minimum atomic E-state index is -0.456. The van der Waals surface area contributed by atoms with E-state index in [1.807, 2.05) is 12.3 Å². The van der Waals surface area contributed by atoms with E-state index < -0.39 is 5.60 Å². The molecule has 1 saturated carbocycles. The summed E-state index contributed by atoms with van der Waals surface area (Å²) in [6.07, 6.45) is 7.35. The van der Waals surface area contributed by atoms with Crippen LogP contribution in [0.1, 0.15) is 39.0 Å². The maximum atomic E-state index is 10.7. The van der Waals surface area contributed by atoms with Crippen LogP contribution in [0, 0.1) is 0 Å². The molecule has 1 aliphatic heterocycles. The molecule has 2 aliphatic rings. The zero-order valence-electron chi connectivity index (χ0n) is 14.2. The van der Waals surface area contributed by atoms with Crippen molar-refractivity contribution in [2.75, 3.05) is 49.5 Å². The average molecular weight is 319 g/mol. The number of piperazine rings is 1. The van der Waals surface area contributed by atoms with Crippen LogP contribution in [-0.4, -0.2) is 64.8 Å². The summed E-state index contributed by atoms with van der Waals surface area (Å²) in [5.41, 5.74) is -0.456. The second kappa shape index (κ2) is 7.45. The Bertz CT molecular complexity index is 496. The van der Waals surface area contributed by atoms with Gasteiger partial charge in [-0.3, -0.25) is 4.90 Å². The third-order valence-corrected chi connectivity index (χ3v) is 4.96. The Morgan fingerprint density at radius 3 is 2.61 bits per heavy atom. The molecule has 0 spiro atoms. The van der Waals surface area contributed by atoms with E-state index in [0.29, 0.717) is 0 Å². The number of hydrogen-bond donors (Lipinski definition) is 2. The second-order valence-corrected chi connectivity index (χ2v) is 6.82. The van der Waals surface area contributed by atoms with Crippen molar-refractivity contribution in [1.29, 1.82) is 0 Å². The monoisotopic (exact) mass is 319 g/mol. The van der Waals surface area contributed by atoms with Gasteiger partial charge < -0.3 is 15.3 Å². The number of aromatic nitrogens is 2. The number of anilines is 2. The van der Waals surface area contributed by atoms with Crippen LogP contribution in [0.2, 0.25) is 0 Å². The molecular formula is C17H29N5O. The summed E-state index contributed by atoms with van der Waals surface area (Å²) >= 11 is 0. The third kappa shape index (κ3) is 4.32. The van der Waals surface area contributed by atoms with Crippen LogP contribution in [0.25, 0.3) is 0 Å². The highest BCUT2D eigenvalue weighted by atomic mass is 16.3. The Kier molecular flexibility index (Phi) is 5.33. The molecule has 1 aromatic rings. The number of hydrogen-bond acceptors (Lipinski definition) is 6. The van der Waals surface area contributed by atoms with Crippen LogP contribution in [0.3, 0.4) is 0 Å². The first-order chi connectivity index (χ1) is 11.2. The molecule has 1 aliphatic carbocycles. The first-order valence-corrected chi connectivity index (χ1v) is 8.95. The van der Waals surface area contributed by atoms with Crippen LogP contribution in [-0.2, 0) is 0 Å². The quantitative estimate of drug-likeness (QED) is 0.862. The average Bonchev–Trinajstić information content (AvgIpc) is 2.56. The van der Waals surface area contributed by atoms with Crippen LogP contribution < -0.4 is 10.2 Å². The normalized spacial score (nSPS) is 22.1. The molecule has 0 unspecified atom stereocenters. The highest BCUT2D eigenvalue weighted by Gasteiger charge is 2.32. The summed E-state index contributed by atoms with van der Waals surface area (Å²) in [7, 11) is 0. The highest BCUT2D eigenvalue weighted by molar-refractivity contribution is 5.41. The van der Waals surface area contributed by atoms with E-state index >= 15 is 0 Å². The van der Waals surface area contributed by atoms with Gasteiger partial charge in [-0.2, -0.15) is 4.98 Å². The van der Waals surface area contributed by atoms with E-state index in [1.54, 1.807) is 0 Å². The molecule has 0 bridgehead atoms. The number of aliphatic hydroxyl groups is 1. The molecule has 6 heteroatoms. The lowest BCUT2D eigenvalue weighted by molar-refractivity contribution is -0.0271. The predicted octanol–water partition coefficient (Wildman–Crippen LogP) is 1.73. The van der Waals surface area contributed by atoms with Crippen molar-refractivity contribution >= 4 is 11.8 Å². The summed E-state index contributed by atoms with van der Waals surface area (Å²) < 4.78 is 0. The van der Waals surface area contributed by atoms with Crippen molar-refractivity contribution in [3.63, 3.8) is 0 Å². The van der Waals surface area contributed by atoms with Gasteiger partial charge in [0, 0.05) is 45.5 Å². The van der Waals surface area contributed by atoms with Gasteiger partial charge in [0.1, 0.15) is 5.82 Å². The van der Waals surface area contributed by atoms with Gasteiger partial charge in [-0.1, -0.05) is 19.3 Å². The van der Waals surface area contributed by atoms with E-state index in [2.05, 4.69) is 32.0 Å². The molecule has 0 aromatic carbocycles. The molecule has 3 rings (SSSR count). The minimum Gasteiger partial charge on any atom is -0.389 e. The van der Waals surface area contributed by atoms with Crippen molar-refractivity contribution < 1.29 is 5.11 Å². The molecule has 6 nitrogen and oxygen atoms in total. The SMILES string of the molecule is CCNc1ccnc(N2CCN(CC3(O)CCCCC3)CC2)n1. The van der Waals surface area contributed by atoms with Crippen LogP contribution >= 0.6 is 0 Å². The van der Waals surface area contributed by atoms with E-state index in [9.17, 15) is 5.11 Å². The van der Waals surface area contributed by atoms with Crippen molar-refractivity contribution in [3.05, 3.63) is 12.3 Å². The van der Waals surface area contributed by atoms with Gasteiger partial charge in [0.2, 0.25) is 5.95 Å². The van der Waals surface area contributed by atoms with E-state index in [4.69, 9.17) is 0 Å². The fourth-order valence-electron chi connectivity index (χ4n) is 3.67. The standard InChI is InChI=1S/C17H29N5O/c1-2-18-15-6-9-19-16(20-15)22-12-10-21(11-13-22)14-17(23)7-4-3-5-8-17/h6,9,23H,2-5,7-8,10-14H2,1H3,(H,18,19,20). The lowest BCUT2D eigenvalue weighted by atomic mass is 9.84. The molecular weight excluding hydrogens is 290 g/mol. The van der Waals surface area contributed by atoms with Crippen LogP contribution in [0.15, 0.2) is 12.3 Å². The molecule has 2 N–H and O–H groups in total. The van der Waals surface area contributed by atoms with E-state index in [1.165, 1.54) is 19.3 Å². The maximum Gasteiger partial charge on any atom is 0.227 e. The van der Waals surface area contributed by atoms with Crippen LogP contribution in [0.5, 0.6) is 0 Å². The van der Waals surface area contributed by atoms with Gasteiger partial charge in [-0.25, -0.2) is 4.98 Å². The number of rotatable bonds is 5. The molecule has 0 radical (unpaired) electrons. The van der Waals surface area contributed by atoms with Gasteiger partial charge in [0.15, 0.2) is 0 Å². The largest absolute Gasteiger partial charge is 0.389 e. The number of nitrogens with zero attached hydrogens (tertiary/aromatic N) is 4. The fraction of sp³-hybridized carbons (Fsp3) is 0.765. The van der Waals surface area contributed by atoms with Crippen LogP contribution in [0.4, 0.5) is 11.8 Å². The van der Waals surface area contributed by atoms with Gasteiger partial charge in [-0.15, -0.1) is 0 Å². The Morgan fingerprint density at radius 1 is 1.17 bits per heavy atom. The van der Waals surface area contributed by atoms with E-state index in [0.717, 1.165) is 63.9 Å². The summed E-state index contributed by atoms with van der Waals surface area (Å²) in [4.78, 5) is 13.6. The third-order valence-electron chi connectivity index (χ3n) is 4.96. The fourth-order valence-corrected chi connectivity index (χ4v) is 3.67. The van der Waals surface area contributed by atoms with Gasteiger partial charge >= 0.3 is 0 Å². The van der Waals surface area contributed by atoms with E-state index in [-0.39, 0.29) is 0 Å². The smallest absolute Gasteiger partial charge is 0.227 e. The topological polar surface area (TPSA) is 64.5 Å². The number of β-amino-alcohol motifs (C(OH)–C–C–N with tert-alkyl or cyclic N) is 1. The zero-order chi connectivity index (χ0) is 16.1. The first-order valence-electron chi connectivity index (χ1n) is 8.95. The highest BCUT2D eigenvalue weighted by Crippen LogP contribution is 2.29. The van der Waals surface area contributed by atoms with Gasteiger partial charge in [-0.05, 0) is 25.8 Å².